The lowest BCUT2D eigenvalue weighted by atomic mass is 9.96. The highest BCUT2D eigenvalue weighted by molar-refractivity contribution is 6.31. The van der Waals surface area contributed by atoms with Crippen molar-refractivity contribution in [2.45, 2.75) is 13.8 Å². The number of carboxylic acid groups (broad SMARTS) is 1. The van der Waals surface area contributed by atoms with E-state index in [2.05, 4.69) is 5.32 Å². The number of benzene rings is 1. The molecule has 0 aliphatic heterocycles. The van der Waals surface area contributed by atoms with Crippen molar-refractivity contribution in [3.8, 4) is 0 Å². The van der Waals surface area contributed by atoms with Crippen LogP contribution in [0.15, 0.2) is 18.2 Å². The van der Waals surface area contributed by atoms with Gasteiger partial charge in [-0.05, 0) is 24.1 Å². The molecule has 0 saturated heterocycles. The molecule has 1 atom stereocenters. The first-order valence-electron chi connectivity index (χ1n) is 5.33. The van der Waals surface area contributed by atoms with Crippen molar-refractivity contribution in [2.24, 2.45) is 11.8 Å². The summed E-state index contributed by atoms with van der Waals surface area (Å²) in [4.78, 5) is 11.0. The lowest BCUT2D eigenvalue weighted by molar-refractivity contribution is -0.142. The fraction of sp³-hybridized carbons (Fsp3) is 0.417. The molecule has 0 fully saturated rings. The maximum absolute atomic E-state index is 12.9. The minimum atomic E-state index is -0.847. The third-order valence-electron chi connectivity index (χ3n) is 2.57. The van der Waals surface area contributed by atoms with Gasteiger partial charge in [0.15, 0.2) is 0 Å². The van der Waals surface area contributed by atoms with Crippen molar-refractivity contribution in [3.05, 3.63) is 29.0 Å². The van der Waals surface area contributed by atoms with Crippen molar-refractivity contribution in [1.82, 2.24) is 0 Å². The number of carboxylic acids is 1. The third kappa shape index (κ3) is 3.89. The van der Waals surface area contributed by atoms with Crippen molar-refractivity contribution in [3.63, 3.8) is 0 Å². The average molecular weight is 260 g/mol. The second-order valence-corrected chi connectivity index (χ2v) is 4.61. The van der Waals surface area contributed by atoms with E-state index in [4.69, 9.17) is 16.7 Å². The van der Waals surface area contributed by atoms with Gasteiger partial charge in [-0.15, -0.1) is 0 Å². The lowest BCUT2D eigenvalue weighted by Crippen LogP contribution is -2.27. The molecule has 5 heteroatoms. The Hall–Kier alpha value is -1.29. The van der Waals surface area contributed by atoms with Gasteiger partial charge < -0.3 is 10.4 Å². The summed E-state index contributed by atoms with van der Waals surface area (Å²) in [6.45, 7) is 3.98. The van der Waals surface area contributed by atoms with Gasteiger partial charge in [0.2, 0.25) is 0 Å². The van der Waals surface area contributed by atoms with Crippen molar-refractivity contribution < 1.29 is 14.3 Å². The van der Waals surface area contributed by atoms with E-state index < -0.39 is 17.7 Å². The summed E-state index contributed by atoms with van der Waals surface area (Å²) in [5.41, 5.74) is 0.614. The molecule has 1 aromatic carbocycles. The standard InChI is InChI=1S/C12H15ClFNO2/c1-7(2)9(12(16)17)6-15-8-3-4-11(14)10(13)5-8/h3-5,7,9,15H,6H2,1-2H3,(H,16,17). The summed E-state index contributed by atoms with van der Waals surface area (Å²) >= 11 is 5.62. The largest absolute Gasteiger partial charge is 0.481 e. The fourth-order valence-corrected chi connectivity index (χ4v) is 1.62. The summed E-state index contributed by atoms with van der Waals surface area (Å²) < 4.78 is 12.9. The predicted octanol–water partition coefficient (Wildman–Crippen LogP) is 3.25. The highest BCUT2D eigenvalue weighted by atomic mass is 35.5. The second-order valence-electron chi connectivity index (χ2n) is 4.20. The Morgan fingerprint density at radius 2 is 2.18 bits per heavy atom. The molecule has 3 nitrogen and oxygen atoms in total. The van der Waals surface area contributed by atoms with Gasteiger partial charge in [-0.25, -0.2) is 4.39 Å². The van der Waals surface area contributed by atoms with Gasteiger partial charge in [-0.2, -0.15) is 0 Å². The molecule has 1 aromatic rings. The van der Waals surface area contributed by atoms with Gasteiger partial charge in [0.25, 0.3) is 0 Å². The first-order chi connectivity index (χ1) is 7.91. The molecule has 0 radical (unpaired) electrons. The SMILES string of the molecule is CC(C)C(CNc1ccc(F)c(Cl)c1)C(=O)O. The van der Waals surface area contributed by atoms with E-state index >= 15 is 0 Å². The first kappa shape index (κ1) is 13.8. The van der Waals surface area contributed by atoms with Gasteiger partial charge in [0, 0.05) is 12.2 Å². The Balaban J connectivity index is 2.65. The summed E-state index contributed by atoms with van der Waals surface area (Å²) in [5.74, 6) is -1.80. The maximum atomic E-state index is 12.9. The minimum Gasteiger partial charge on any atom is -0.481 e. The maximum Gasteiger partial charge on any atom is 0.308 e. The molecule has 0 bridgehead atoms. The number of rotatable bonds is 5. The molecule has 0 heterocycles. The smallest absolute Gasteiger partial charge is 0.308 e. The Bertz CT molecular complexity index is 409. The molecule has 0 saturated carbocycles. The van der Waals surface area contributed by atoms with E-state index in [1.165, 1.54) is 18.2 Å². The molecule has 0 spiro atoms. The van der Waals surface area contributed by atoms with Crippen LogP contribution in [0.4, 0.5) is 10.1 Å². The number of hydrogen-bond acceptors (Lipinski definition) is 2. The van der Waals surface area contributed by atoms with E-state index in [-0.39, 0.29) is 17.5 Å². The van der Waals surface area contributed by atoms with Crippen LogP contribution in [0.25, 0.3) is 0 Å². The Labute approximate surface area is 105 Å². The fourth-order valence-electron chi connectivity index (χ4n) is 1.44. The molecule has 94 valence electrons. The van der Waals surface area contributed by atoms with Crippen LogP contribution in [0.2, 0.25) is 5.02 Å². The van der Waals surface area contributed by atoms with Crippen LogP contribution in [0.1, 0.15) is 13.8 Å². The quantitative estimate of drug-likeness (QED) is 0.853. The molecular formula is C12H15ClFNO2. The van der Waals surface area contributed by atoms with Gasteiger partial charge in [-0.3, -0.25) is 4.79 Å². The summed E-state index contributed by atoms with van der Waals surface area (Å²) in [6, 6.07) is 4.21. The van der Waals surface area contributed by atoms with E-state index in [0.717, 1.165) is 0 Å². The van der Waals surface area contributed by atoms with Gasteiger partial charge in [0.05, 0.1) is 10.9 Å². The van der Waals surface area contributed by atoms with E-state index in [1.54, 1.807) is 0 Å². The van der Waals surface area contributed by atoms with Crippen LogP contribution in [0.5, 0.6) is 0 Å². The zero-order chi connectivity index (χ0) is 13.0. The van der Waals surface area contributed by atoms with Crippen molar-refractivity contribution >= 4 is 23.3 Å². The molecule has 0 amide bonds. The molecule has 1 rings (SSSR count). The topological polar surface area (TPSA) is 49.3 Å². The van der Waals surface area contributed by atoms with E-state index in [9.17, 15) is 9.18 Å². The Morgan fingerprint density at radius 1 is 1.53 bits per heavy atom. The summed E-state index contributed by atoms with van der Waals surface area (Å²) in [5, 5.41) is 12.0. The van der Waals surface area contributed by atoms with E-state index in [1.807, 2.05) is 13.8 Å². The average Bonchev–Trinajstić information content (AvgIpc) is 2.22. The molecular weight excluding hydrogens is 245 g/mol. The first-order valence-corrected chi connectivity index (χ1v) is 5.71. The van der Waals surface area contributed by atoms with Crippen LogP contribution in [0.3, 0.4) is 0 Å². The number of anilines is 1. The predicted molar refractivity (Wildman–Crippen MR) is 65.9 cm³/mol. The third-order valence-corrected chi connectivity index (χ3v) is 2.86. The van der Waals surface area contributed by atoms with Crippen LogP contribution < -0.4 is 5.32 Å². The zero-order valence-electron chi connectivity index (χ0n) is 9.71. The second kappa shape index (κ2) is 5.87. The number of carbonyl (C=O) groups is 1. The van der Waals surface area contributed by atoms with E-state index in [0.29, 0.717) is 5.69 Å². The Morgan fingerprint density at radius 3 is 2.65 bits per heavy atom. The minimum absolute atomic E-state index is 0.0198. The summed E-state index contributed by atoms with van der Waals surface area (Å²) in [6.07, 6.45) is 0. The molecule has 2 N–H and O–H groups in total. The molecule has 0 aliphatic carbocycles. The highest BCUT2D eigenvalue weighted by Gasteiger charge is 2.20. The van der Waals surface area contributed by atoms with Crippen LogP contribution >= 0.6 is 11.6 Å². The summed E-state index contributed by atoms with van der Waals surface area (Å²) in [7, 11) is 0. The van der Waals surface area contributed by atoms with Gasteiger partial charge >= 0.3 is 5.97 Å². The van der Waals surface area contributed by atoms with Gasteiger partial charge in [-0.1, -0.05) is 25.4 Å². The number of nitrogens with one attached hydrogen (secondary N) is 1. The zero-order valence-corrected chi connectivity index (χ0v) is 10.5. The normalized spacial score (nSPS) is 12.5. The Kier molecular flexibility index (Phi) is 4.75. The molecule has 1 unspecified atom stereocenters. The van der Waals surface area contributed by atoms with Crippen molar-refractivity contribution in [1.29, 1.82) is 0 Å². The van der Waals surface area contributed by atoms with Gasteiger partial charge in [0.1, 0.15) is 5.82 Å². The molecule has 0 aliphatic rings. The molecule has 0 aromatic heterocycles. The number of halogens is 2. The van der Waals surface area contributed by atoms with Crippen molar-refractivity contribution in [2.75, 3.05) is 11.9 Å². The lowest BCUT2D eigenvalue weighted by Gasteiger charge is -2.17. The molecule has 17 heavy (non-hydrogen) atoms. The van der Waals surface area contributed by atoms with Crippen LogP contribution in [-0.2, 0) is 4.79 Å². The monoisotopic (exact) mass is 259 g/mol. The van der Waals surface area contributed by atoms with Crippen LogP contribution in [-0.4, -0.2) is 17.6 Å². The highest BCUT2D eigenvalue weighted by Crippen LogP contribution is 2.20. The number of hydrogen-bond donors (Lipinski definition) is 2. The number of aliphatic carboxylic acids is 1. The van der Waals surface area contributed by atoms with Crippen LogP contribution in [0, 0.1) is 17.7 Å².